The molecule has 2 aromatic rings. The number of carbonyl (C=O) groups is 2. The van der Waals surface area contributed by atoms with E-state index in [0.29, 0.717) is 23.4 Å². The molecule has 1 aliphatic heterocycles. The number of Topliss-reactive ketones (excluding diaryl/α,β-unsaturated/α-hetero) is 1. The van der Waals surface area contributed by atoms with Crippen molar-refractivity contribution in [2.24, 2.45) is 0 Å². The minimum atomic E-state index is -0.386. The Morgan fingerprint density at radius 1 is 1.10 bits per heavy atom. The molecule has 0 saturated heterocycles. The summed E-state index contributed by atoms with van der Waals surface area (Å²) >= 11 is 0. The fraction of sp³-hybridized carbons (Fsp3) is 0.280. The van der Waals surface area contributed by atoms with E-state index < -0.39 is 0 Å². The Morgan fingerprint density at radius 2 is 1.90 bits per heavy atom. The quantitative estimate of drug-likeness (QED) is 0.784. The summed E-state index contributed by atoms with van der Waals surface area (Å²) in [5.41, 5.74) is 5.68. The van der Waals surface area contributed by atoms with Crippen LogP contribution in [0, 0.1) is 6.92 Å². The number of methoxy groups -OCH3 is 1. The average molecular weight is 402 g/mol. The summed E-state index contributed by atoms with van der Waals surface area (Å²) in [6.07, 6.45) is 2.17. The Morgan fingerprint density at radius 3 is 2.67 bits per heavy atom. The van der Waals surface area contributed by atoms with Crippen LogP contribution in [-0.2, 0) is 9.59 Å². The van der Waals surface area contributed by atoms with Crippen LogP contribution in [0.25, 0.3) is 0 Å². The van der Waals surface area contributed by atoms with Crippen LogP contribution in [0.3, 0.4) is 0 Å². The number of allylic oxidation sites excluding steroid dienone is 3. The van der Waals surface area contributed by atoms with Crippen LogP contribution in [-0.4, -0.2) is 18.8 Å². The Hall–Kier alpha value is -3.34. The summed E-state index contributed by atoms with van der Waals surface area (Å²) in [7, 11) is 1.57. The third kappa shape index (κ3) is 3.63. The van der Waals surface area contributed by atoms with Crippen molar-refractivity contribution in [3.63, 3.8) is 0 Å². The molecule has 4 rings (SSSR count). The molecule has 0 unspecified atom stereocenters. The van der Waals surface area contributed by atoms with Crippen molar-refractivity contribution in [1.82, 2.24) is 5.32 Å². The van der Waals surface area contributed by atoms with Crippen LogP contribution in [0.5, 0.6) is 5.75 Å². The maximum atomic E-state index is 13.5. The van der Waals surface area contributed by atoms with Gasteiger partial charge in [0.1, 0.15) is 5.75 Å². The number of dihydropyridines is 1. The molecule has 1 atom stereocenters. The SMILES string of the molecule is COc1ccccc1NC(=O)C1=C(C)NC2=C(C(=O)CCC2)[C@H]1c1cccc(C)c1. The molecule has 2 aliphatic rings. The molecule has 5 nitrogen and oxygen atoms in total. The lowest BCUT2D eigenvalue weighted by molar-refractivity contribution is -0.116. The number of anilines is 1. The minimum Gasteiger partial charge on any atom is -0.495 e. The molecular formula is C25H26N2O3. The van der Waals surface area contributed by atoms with Crippen molar-refractivity contribution in [2.45, 2.75) is 39.0 Å². The maximum absolute atomic E-state index is 13.5. The zero-order chi connectivity index (χ0) is 21.3. The second-order valence-corrected chi connectivity index (χ2v) is 7.83. The molecule has 1 heterocycles. The predicted octanol–water partition coefficient (Wildman–Crippen LogP) is 4.61. The monoisotopic (exact) mass is 402 g/mol. The third-order valence-electron chi connectivity index (χ3n) is 5.75. The number of nitrogens with one attached hydrogen (secondary N) is 2. The first kappa shape index (κ1) is 20.0. The smallest absolute Gasteiger partial charge is 0.254 e. The van der Waals surface area contributed by atoms with Crippen molar-refractivity contribution in [1.29, 1.82) is 0 Å². The molecule has 0 bridgehead atoms. The largest absolute Gasteiger partial charge is 0.495 e. The highest BCUT2D eigenvalue weighted by Gasteiger charge is 2.38. The highest BCUT2D eigenvalue weighted by molar-refractivity contribution is 6.10. The molecule has 5 heteroatoms. The van der Waals surface area contributed by atoms with Gasteiger partial charge in [0, 0.05) is 34.9 Å². The second kappa shape index (κ2) is 8.19. The number of para-hydroxylation sites is 2. The van der Waals surface area contributed by atoms with Gasteiger partial charge in [0.2, 0.25) is 0 Å². The lowest BCUT2D eigenvalue weighted by Gasteiger charge is -2.34. The summed E-state index contributed by atoms with van der Waals surface area (Å²) in [5, 5.41) is 6.35. The minimum absolute atomic E-state index is 0.116. The number of ether oxygens (including phenoxy) is 1. The summed E-state index contributed by atoms with van der Waals surface area (Å²) in [4.78, 5) is 26.5. The van der Waals surface area contributed by atoms with Crippen molar-refractivity contribution < 1.29 is 14.3 Å². The van der Waals surface area contributed by atoms with E-state index in [2.05, 4.69) is 16.7 Å². The molecule has 1 amide bonds. The van der Waals surface area contributed by atoms with E-state index in [1.807, 2.05) is 44.2 Å². The van der Waals surface area contributed by atoms with Crippen LogP contribution in [0.2, 0.25) is 0 Å². The maximum Gasteiger partial charge on any atom is 0.254 e. The van der Waals surface area contributed by atoms with Gasteiger partial charge < -0.3 is 15.4 Å². The fourth-order valence-corrected chi connectivity index (χ4v) is 4.40. The molecular weight excluding hydrogens is 376 g/mol. The van der Waals surface area contributed by atoms with Gasteiger partial charge in [-0.3, -0.25) is 9.59 Å². The normalized spacial score (nSPS) is 18.6. The number of hydrogen-bond donors (Lipinski definition) is 2. The standard InChI is InChI=1S/C25H26N2O3/c1-15-8-6-9-17(14-15)23-22(16(2)26-19-11-7-12-20(28)24(19)23)25(29)27-18-10-4-5-13-21(18)30-3/h4-6,8-10,13-14,23,26H,7,11-12H2,1-3H3,(H,27,29)/t23-/m0/s1. The second-order valence-electron chi connectivity index (χ2n) is 7.83. The third-order valence-corrected chi connectivity index (χ3v) is 5.75. The number of amides is 1. The van der Waals surface area contributed by atoms with Gasteiger partial charge in [0.25, 0.3) is 5.91 Å². The molecule has 2 aromatic carbocycles. The van der Waals surface area contributed by atoms with E-state index in [1.165, 1.54) is 0 Å². The predicted molar refractivity (Wildman–Crippen MR) is 117 cm³/mol. The van der Waals surface area contributed by atoms with Gasteiger partial charge in [-0.1, -0.05) is 42.0 Å². The van der Waals surface area contributed by atoms with Crippen LogP contribution in [0.4, 0.5) is 5.69 Å². The van der Waals surface area contributed by atoms with Crippen molar-refractivity contribution in [3.8, 4) is 5.75 Å². The Bertz CT molecular complexity index is 1080. The first-order valence-electron chi connectivity index (χ1n) is 10.2. The summed E-state index contributed by atoms with van der Waals surface area (Å²) in [6.45, 7) is 3.93. The number of carbonyl (C=O) groups excluding carboxylic acids is 2. The van der Waals surface area contributed by atoms with E-state index in [9.17, 15) is 9.59 Å². The van der Waals surface area contributed by atoms with Gasteiger partial charge in [0.05, 0.1) is 12.8 Å². The number of benzene rings is 2. The van der Waals surface area contributed by atoms with Crippen LogP contribution < -0.4 is 15.4 Å². The lowest BCUT2D eigenvalue weighted by atomic mass is 9.75. The summed E-state index contributed by atoms with van der Waals surface area (Å²) < 4.78 is 5.38. The lowest BCUT2D eigenvalue weighted by Crippen LogP contribution is -2.35. The van der Waals surface area contributed by atoms with Gasteiger partial charge in [-0.25, -0.2) is 0 Å². The first-order chi connectivity index (χ1) is 14.5. The van der Waals surface area contributed by atoms with Gasteiger partial charge in [-0.15, -0.1) is 0 Å². The van der Waals surface area contributed by atoms with E-state index >= 15 is 0 Å². The molecule has 0 fully saturated rings. The first-order valence-corrected chi connectivity index (χ1v) is 10.2. The number of rotatable bonds is 4. The van der Waals surface area contributed by atoms with E-state index in [0.717, 1.165) is 40.9 Å². The number of ketones is 1. The summed E-state index contributed by atoms with van der Waals surface area (Å²) in [5.74, 6) is 0.0866. The topological polar surface area (TPSA) is 67.4 Å². The van der Waals surface area contributed by atoms with E-state index in [-0.39, 0.29) is 17.6 Å². The Labute approximate surface area is 176 Å². The highest BCUT2D eigenvalue weighted by atomic mass is 16.5. The van der Waals surface area contributed by atoms with Gasteiger partial charge in [-0.2, -0.15) is 0 Å². The van der Waals surface area contributed by atoms with E-state index in [4.69, 9.17) is 4.74 Å². The van der Waals surface area contributed by atoms with Crippen molar-refractivity contribution in [3.05, 3.63) is 82.2 Å². The Balaban J connectivity index is 1.80. The average Bonchev–Trinajstić information content (AvgIpc) is 2.73. The molecule has 154 valence electrons. The fourth-order valence-electron chi connectivity index (χ4n) is 4.40. The summed E-state index contributed by atoms with van der Waals surface area (Å²) in [6, 6.07) is 15.4. The Kier molecular flexibility index (Phi) is 5.44. The molecule has 1 aliphatic carbocycles. The van der Waals surface area contributed by atoms with E-state index in [1.54, 1.807) is 19.2 Å². The molecule has 0 saturated carbocycles. The molecule has 2 N–H and O–H groups in total. The van der Waals surface area contributed by atoms with Gasteiger partial charge in [-0.05, 0) is 44.4 Å². The zero-order valence-electron chi connectivity index (χ0n) is 17.5. The number of aryl methyl sites for hydroxylation is 1. The van der Waals surface area contributed by atoms with Gasteiger partial charge in [0.15, 0.2) is 5.78 Å². The molecule has 0 aromatic heterocycles. The number of hydrogen-bond acceptors (Lipinski definition) is 4. The highest BCUT2D eigenvalue weighted by Crippen LogP contribution is 2.42. The molecule has 0 radical (unpaired) electrons. The van der Waals surface area contributed by atoms with Crippen molar-refractivity contribution >= 4 is 17.4 Å². The molecule has 30 heavy (non-hydrogen) atoms. The van der Waals surface area contributed by atoms with Crippen LogP contribution in [0.1, 0.15) is 43.2 Å². The zero-order valence-corrected chi connectivity index (χ0v) is 17.5. The van der Waals surface area contributed by atoms with Gasteiger partial charge >= 0.3 is 0 Å². The van der Waals surface area contributed by atoms with Crippen LogP contribution in [0.15, 0.2) is 71.1 Å². The van der Waals surface area contributed by atoms with Crippen LogP contribution >= 0.6 is 0 Å². The molecule has 0 spiro atoms. The van der Waals surface area contributed by atoms with Crippen molar-refractivity contribution in [2.75, 3.05) is 12.4 Å².